The molecule has 26 heteroatoms. The van der Waals surface area contributed by atoms with E-state index in [1.54, 1.807) is 25.2 Å². The fourth-order valence-electron chi connectivity index (χ4n) is 9.40. The molecule has 0 radical (unpaired) electrons. The number of β-lactam (4-membered cyclic amide) rings is 4. The Kier molecular flexibility index (Phi) is 21.8. The van der Waals surface area contributed by atoms with E-state index in [0.717, 1.165) is 79.1 Å². The van der Waals surface area contributed by atoms with Gasteiger partial charge in [0.2, 0.25) is 30.4 Å². The Balaban J connectivity index is 0.000000170. The van der Waals surface area contributed by atoms with E-state index in [1.165, 1.54) is 60.1 Å². The summed E-state index contributed by atoms with van der Waals surface area (Å²) in [6, 6.07) is 7.01. The van der Waals surface area contributed by atoms with Gasteiger partial charge in [-0.15, -0.1) is 21.1 Å². The van der Waals surface area contributed by atoms with Crippen LogP contribution in [-0.2, 0) is 37.0 Å². The highest BCUT2D eigenvalue weighted by Crippen LogP contribution is 2.41. The number of likely N-dealkylation sites (N-methyl/N-ethyl adjacent to an activating group) is 1. The minimum absolute atomic E-state index is 0.0335. The van der Waals surface area contributed by atoms with Crippen LogP contribution in [0.3, 0.4) is 0 Å². The number of hydrogen-bond donors (Lipinski definition) is 7. The summed E-state index contributed by atoms with van der Waals surface area (Å²) in [5.41, 5.74) is 1.17. The Hall–Kier alpha value is -7.98. The smallest absolute Gasteiger partial charge is 0.465 e. The molecular formula is C53H70F2N8O16. The van der Waals surface area contributed by atoms with E-state index < -0.39 is 42.7 Å². The molecule has 7 aliphatic rings. The van der Waals surface area contributed by atoms with Gasteiger partial charge in [0.15, 0.2) is 23.0 Å². The Bertz CT molecular complexity index is 2540. The number of rotatable bonds is 20. The van der Waals surface area contributed by atoms with Crippen molar-refractivity contribution in [1.82, 2.24) is 40.9 Å². The van der Waals surface area contributed by atoms with E-state index in [-0.39, 0.29) is 79.8 Å². The summed E-state index contributed by atoms with van der Waals surface area (Å²) >= 11 is 0. The third-order valence-electron chi connectivity index (χ3n) is 14.3. The lowest BCUT2D eigenvalue weighted by atomic mass is 9.85. The van der Waals surface area contributed by atoms with Crippen LogP contribution in [0.25, 0.3) is 0 Å². The molecule has 2 aromatic rings. The van der Waals surface area contributed by atoms with Gasteiger partial charge in [-0.25, -0.2) is 19.2 Å². The van der Waals surface area contributed by atoms with Gasteiger partial charge in [-0.05, 0) is 79.8 Å². The van der Waals surface area contributed by atoms with Crippen LogP contribution in [0.4, 0.5) is 28.0 Å². The third-order valence-corrected chi connectivity index (χ3v) is 14.3. The quantitative estimate of drug-likeness (QED) is 0.0488. The summed E-state index contributed by atoms with van der Waals surface area (Å²) in [4.78, 5) is 95.1. The van der Waals surface area contributed by atoms with Gasteiger partial charge in [0.05, 0.1) is 13.1 Å². The van der Waals surface area contributed by atoms with Crippen molar-refractivity contribution in [3.05, 3.63) is 47.5 Å². The number of amides is 8. The number of carboxylic acid groups (broad SMARTS) is 3. The van der Waals surface area contributed by atoms with Crippen molar-refractivity contribution < 1.29 is 86.1 Å². The lowest BCUT2D eigenvalue weighted by Crippen LogP contribution is -2.63. The van der Waals surface area contributed by atoms with E-state index in [2.05, 4.69) is 43.6 Å². The third kappa shape index (κ3) is 17.0. The Labute approximate surface area is 455 Å². The molecule has 2 aromatic carbocycles. The molecule has 24 nitrogen and oxygen atoms in total. The molecule has 8 amide bonds. The molecule has 5 fully saturated rings. The summed E-state index contributed by atoms with van der Waals surface area (Å²) in [6.07, 6.45) is 12.9. The van der Waals surface area contributed by atoms with E-state index in [0.29, 0.717) is 43.2 Å². The molecular weight excluding hydrogens is 1040 g/mol. The van der Waals surface area contributed by atoms with Gasteiger partial charge in [0, 0.05) is 46.2 Å². The monoisotopic (exact) mass is 1110 g/mol. The standard InChI is InChI=1S/C15H24N2O3.C14H24N2O3.C12H10F2N2O5.C12H12N2O5/c1-2-3-4-5-6-7-8-9-10-11-17(15(19)20)13-12-16-14(13)18;1-3-4-10-5-7-11(8-6-10)19-14(18)16(2)12-9-15-13(12)17;13-12(14)20-8-2-1-6(3-9(8)21-12)5-16(11(18)19)7-4-15-10(7)17;15-11-8(4-13-11)14(12(16)17)5-7-1-2-9-10(3-7)19-6-18-9/h1,13H,3-12H2,(H,16,18)(H,19,20);10-12H,3-9H2,1-2H3,(H,15,17);1-3,7H,4-5H2,(H,15,17)(H,18,19);1-3,8H,4-6H2,(H,13,15)(H,16,17)/t13-;10?,11?,12-;7-;8-/m0000/s1. The molecule has 79 heavy (non-hydrogen) atoms. The normalized spacial score (nSPS) is 22.0. The molecule has 1 aliphatic carbocycles. The van der Waals surface area contributed by atoms with Crippen LogP contribution in [0, 0.1) is 18.3 Å². The van der Waals surface area contributed by atoms with Crippen LogP contribution in [0.5, 0.6) is 23.0 Å². The molecule has 0 aromatic heterocycles. The van der Waals surface area contributed by atoms with Crippen molar-refractivity contribution in [3.63, 3.8) is 0 Å². The number of benzene rings is 2. The van der Waals surface area contributed by atoms with Gasteiger partial charge in [-0.3, -0.25) is 38.8 Å². The lowest BCUT2D eigenvalue weighted by molar-refractivity contribution is -0.286. The van der Waals surface area contributed by atoms with Gasteiger partial charge in [0.1, 0.15) is 30.3 Å². The Morgan fingerprint density at radius 2 is 1.10 bits per heavy atom. The second-order valence-corrected chi connectivity index (χ2v) is 19.8. The number of halogens is 2. The predicted molar refractivity (Wildman–Crippen MR) is 275 cm³/mol. The minimum atomic E-state index is -3.72. The van der Waals surface area contributed by atoms with Crippen molar-refractivity contribution >= 4 is 48.0 Å². The highest BCUT2D eigenvalue weighted by molar-refractivity contribution is 5.92. The van der Waals surface area contributed by atoms with E-state index in [9.17, 15) is 52.2 Å². The molecule has 1 saturated carbocycles. The molecule has 6 aliphatic heterocycles. The molecule has 9 rings (SSSR count). The number of carbonyl (C=O) groups excluding carboxylic acids is 5. The summed E-state index contributed by atoms with van der Waals surface area (Å²) in [6.45, 7) is 4.43. The number of ether oxygens (including phenoxy) is 5. The predicted octanol–water partition coefficient (Wildman–Crippen LogP) is 5.51. The number of alkyl halides is 2. The fourth-order valence-corrected chi connectivity index (χ4v) is 9.40. The number of unbranched alkanes of at least 4 members (excludes halogenated alkanes) is 7. The van der Waals surface area contributed by atoms with Crippen LogP contribution >= 0.6 is 0 Å². The van der Waals surface area contributed by atoms with Gasteiger partial charge < -0.3 is 60.3 Å². The summed E-state index contributed by atoms with van der Waals surface area (Å²) in [5.74, 6) is 3.48. The molecule has 4 saturated heterocycles. The lowest BCUT2D eigenvalue weighted by Gasteiger charge is -2.35. The molecule has 4 atom stereocenters. The molecule has 7 N–H and O–H groups in total. The number of nitrogens with zero attached hydrogens (tertiary/aromatic N) is 4. The zero-order valence-corrected chi connectivity index (χ0v) is 44.3. The number of nitrogens with one attached hydrogen (secondary N) is 4. The first-order valence-electron chi connectivity index (χ1n) is 26.5. The van der Waals surface area contributed by atoms with Crippen molar-refractivity contribution in [1.29, 1.82) is 0 Å². The van der Waals surface area contributed by atoms with Crippen molar-refractivity contribution in [2.45, 2.75) is 146 Å². The zero-order chi connectivity index (χ0) is 57.2. The van der Waals surface area contributed by atoms with Gasteiger partial charge in [-0.1, -0.05) is 64.0 Å². The zero-order valence-electron chi connectivity index (χ0n) is 44.3. The number of fused-ring (bicyclic) bond motifs is 2. The largest absolute Gasteiger partial charge is 0.586 e. The summed E-state index contributed by atoms with van der Waals surface area (Å²) in [5, 5.41) is 37.6. The number of hydrogen-bond acceptors (Lipinski definition) is 13. The van der Waals surface area contributed by atoms with Crippen LogP contribution < -0.4 is 40.2 Å². The first-order valence-corrected chi connectivity index (χ1v) is 26.5. The minimum Gasteiger partial charge on any atom is -0.465 e. The SMILES string of the molecule is C#CCCCCCCCCCN(C(=O)O)[C@H]1CNC1=O.CCCC1CCC(OC(=O)N(C)[C@H]2CNC2=O)CC1.O=C1NC[C@@H]1N(Cc1ccc2c(c1)OC(F)(F)O2)C(=O)O.O=C1NC[C@@H]1N(Cc1ccc2c(c1)OCO2)C(=O)O. The number of terminal acetylenes is 1. The summed E-state index contributed by atoms with van der Waals surface area (Å²) < 4.78 is 50.3. The van der Waals surface area contributed by atoms with E-state index in [4.69, 9.17) is 30.8 Å². The molecule has 0 spiro atoms. The van der Waals surface area contributed by atoms with Gasteiger partial charge in [0.25, 0.3) is 0 Å². The second-order valence-electron chi connectivity index (χ2n) is 19.8. The van der Waals surface area contributed by atoms with Gasteiger partial charge >= 0.3 is 30.7 Å². The maximum atomic E-state index is 12.9. The first-order chi connectivity index (χ1) is 37.8. The van der Waals surface area contributed by atoms with Crippen LogP contribution in [-0.4, -0.2) is 166 Å². The average Bonchev–Trinajstić information content (AvgIpc) is 4.01. The topological polar surface area (TPSA) is 304 Å². The average molecular weight is 1110 g/mol. The molecule has 0 bridgehead atoms. The molecule has 432 valence electrons. The Morgan fingerprint density at radius 3 is 1.57 bits per heavy atom. The maximum absolute atomic E-state index is 12.9. The summed E-state index contributed by atoms with van der Waals surface area (Å²) in [7, 11) is 1.63. The molecule has 0 unspecified atom stereocenters. The maximum Gasteiger partial charge on any atom is 0.586 e. The highest BCUT2D eigenvalue weighted by atomic mass is 19.3. The van der Waals surface area contributed by atoms with Gasteiger partial charge in [-0.2, -0.15) is 0 Å². The van der Waals surface area contributed by atoms with Crippen molar-refractivity contribution in [3.8, 4) is 35.3 Å². The van der Waals surface area contributed by atoms with Crippen molar-refractivity contribution in [2.75, 3.05) is 46.6 Å². The fraction of sp³-hybridized carbons (Fsp3) is 0.585. The van der Waals surface area contributed by atoms with E-state index >= 15 is 0 Å². The van der Waals surface area contributed by atoms with Crippen LogP contribution in [0.15, 0.2) is 36.4 Å². The number of carbonyl (C=O) groups is 8. The second kappa shape index (κ2) is 28.6. The van der Waals surface area contributed by atoms with Crippen molar-refractivity contribution in [2.24, 2.45) is 5.92 Å². The van der Waals surface area contributed by atoms with Crippen LogP contribution in [0.2, 0.25) is 0 Å². The molecule has 6 heterocycles. The van der Waals surface area contributed by atoms with Crippen LogP contribution in [0.1, 0.15) is 108 Å². The Morgan fingerprint density at radius 1 is 0.646 bits per heavy atom. The van der Waals surface area contributed by atoms with E-state index in [1.807, 2.05) is 0 Å². The highest BCUT2D eigenvalue weighted by Gasteiger charge is 2.44. The first kappa shape index (κ1) is 60.3.